The molecule has 0 amide bonds. The zero-order valence-electron chi connectivity index (χ0n) is 6.59. The number of oxazole rings is 1. The van der Waals surface area contributed by atoms with Gasteiger partial charge in [-0.1, -0.05) is 6.08 Å². The van der Waals surface area contributed by atoms with Gasteiger partial charge in [0.05, 0.1) is 0 Å². The van der Waals surface area contributed by atoms with Gasteiger partial charge in [-0.15, -0.1) is 0 Å². The number of nitrogens with zero attached hydrogens (tertiary/aromatic N) is 1. The molecule has 0 aliphatic carbocycles. The van der Waals surface area contributed by atoms with Crippen molar-refractivity contribution in [3.05, 3.63) is 23.4 Å². The molecule has 0 unspecified atom stereocenters. The second kappa shape index (κ2) is 3.14. The minimum atomic E-state index is 0.584. The van der Waals surface area contributed by atoms with E-state index in [4.69, 9.17) is 9.83 Å². The van der Waals surface area contributed by atoms with Crippen molar-refractivity contribution >= 4 is 12.3 Å². The minimum absolute atomic E-state index is 0.584. The van der Waals surface area contributed by atoms with Crippen LogP contribution in [0.5, 0.6) is 0 Å². The standard InChI is InChI=1S/C8H10N2O/c1-3-4-8-7(5-9)10-6(2)11-8/h3-5,9H,1-2H3/b4-3-,9-5?. The maximum absolute atomic E-state index is 6.99. The third kappa shape index (κ3) is 1.55. The molecule has 1 aromatic heterocycles. The number of nitrogens with one attached hydrogen (secondary N) is 1. The first-order valence-electron chi connectivity index (χ1n) is 3.38. The molecule has 0 spiro atoms. The van der Waals surface area contributed by atoms with Crippen LogP contribution in [0.4, 0.5) is 0 Å². The zero-order chi connectivity index (χ0) is 8.27. The molecular weight excluding hydrogens is 140 g/mol. The van der Waals surface area contributed by atoms with Crippen molar-refractivity contribution in [3.8, 4) is 0 Å². The van der Waals surface area contributed by atoms with Crippen LogP contribution in [0.2, 0.25) is 0 Å². The lowest BCUT2D eigenvalue weighted by molar-refractivity contribution is 0.513. The Morgan fingerprint density at radius 3 is 2.82 bits per heavy atom. The Morgan fingerprint density at radius 2 is 2.27 bits per heavy atom. The molecule has 0 saturated heterocycles. The first-order valence-corrected chi connectivity index (χ1v) is 3.38. The second-order valence-corrected chi connectivity index (χ2v) is 2.13. The van der Waals surface area contributed by atoms with Crippen molar-refractivity contribution in [3.63, 3.8) is 0 Å². The minimum Gasteiger partial charge on any atom is -0.441 e. The number of hydrogen-bond donors (Lipinski definition) is 1. The van der Waals surface area contributed by atoms with Crippen molar-refractivity contribution in [2.75, 3.05) is 0 Å². The second-order valence-electron chi connectivity index (χ2n) is 2.13. The lowest BCUT2D eigenvalue weighted by Gasteiger charge is -1.82. The van der Waals surface area contributed by atoms with Gasteiger partial charge in [-0.2, -0.15) is 0 Å². The number of rotatable bonds is 2. The van der Waals surface area contributed by atoms with E-state index < -0.39 is 0 Å². The summed E-state index contributed by atoms with van der Waals surface area (Å²) in [5.41, 5.74) is 0.584. The highest BCUT2D eigenvalue weighted by molar-refractivity contribution is 5.79. The van der Waals surface area contributed by atoms with Crippen LogP contribution < -0.4 is 0 Å². The van der Waals surface area contributed by atoms with Gasteiger partial charge in [0.1, 0.15) is 5.69 Å². The molecule has 0 saturated carbocycles. The molecule has 3 nitrogen and oxygen atoms in total. The van der Waals surface area contributed by atoms with Crippen molar-refractivity contribution in [2.24, 2.45) is 0 Å². The fourth-order valence-electron chi connectivity index (χ4n) is 0.833. The predicted molar refractivity (Wildman–Crippen MR) is 43.8 cm³/mol. The summed E-state index contributed by atoms with van der Waals surface area (Å²) < 4.78 is 5.20. The SMILES string of the molecule is C/C=C\c1oc(C)nc1C=N. The molecule has 58 valence electrons. The summed E-state index contributed by atoms with van der Waals surface area (Å²) in [6, 6.07) is 0. The highest BCUT2D eigenvalue weighted by Crippen LogP contribution is 2.09. The number of hydrogen-bond acceptors (Lipinski definition) is 3. The number of allylic oxidation sites excluding steroid dienone is 1. The van der Waals surface area contributed by atoms with E-state index in [9.17, 15) is 0 Å². The lowest BCUT2D eigenvalue weighted by atomic mass is 10.3. The zero-order valence-corrected chi connectivity index (χ0v) is 6.59. The molecule has 1 N–H and O–H groups in total. The van der Waals surface area contributed by atoms with Crippen LogP contribution in [0, 0.1) is 12.3 Å². The number of aryl methyl sites for hydroxylation is 1. The smallest absolute Gasteiger partial charge is 0.192 e. The summed E-state index contributed by atoms with van der Waals surface area (Å²) >= 11 is 0. The fourth-order valence-corrected chi connectivity index (χ4v) is 0.833. The first kappa shape index (κ1) is 7.72. The summed E-state index contributed by atoms with van der Waals surface area (Å²) in [6.07, 6.45) is 4.83. The van der Waals surface area contributed by atoms with Gasteiger partial charge in [0.25, 0.3) is 0 Å². The van der Waals surface area contributed by atoms with Crippen molar-refractivity contribution in [1.82, 2.24) is 4.98 Å². The molecular formula is C8H10N2O. The van der Waals surface area contributed by atoms with Crippen LogP contribution in [0.25, 0.3) is 6.08 Å². The van der Waals surface area contributed by atoms with Crippen LogP contribution in [-0.2, 0) is 0 Å². The Hall–Kier alpha value is -1.38. The van der Waals surface area contributed by atoms with E-state index in [1.165, 1.54) is 6.21 Å². The van der Waals surface area contributed by atoms with Crippen molar-refractivity contribution in [1.29, 1.82) is 5.41 Å². The summed E-state index contributed by atoms with van der Waals surface area (Å²) in [6.45, 7) is 3.66. The third-order valence-electron chi connectivity index (χ3n) is 1.24. The maximum atomic E-state index is 6.99. The summed E-state index contributed by atoms with van der Waals surface area (Å²) in [5, 5.41) is 6.99. The Bertz CT molecular complexity index is 286. The number of aromatic nitrogens is 1. The highest BCUT2D eigenvalue weighted by atomic mass is 16.4. The van der Waals surface area contributed by atoms with E-state index in [1.807, 2.05) is 13.0 Å². The van der Waals surface area contributed by atoms with Crippen LogP contribution in [0.15, 0.2) is 10.5 Å². The van der Waals surface area contributed by atoms with Crippen LogP contribution >= 0.6 is 0 Å². The molecule has 0 bridgehead atoms. The first-order chi connectivity index (χ1) is 5.27. The molecule has 0 radical (unpaired) electrons. The van der Waals surface area contributed by atoms with Gasteiger partial charge >= 0.3 is 0 Å². The molecule has 1 aromatic rings. The maximum Gasteiger partial charge on any atom is 0.192 e. The molecule has 0 atom stereocenters. The molecule has 0 fully saturated rings. The van der Waals surface area contributed by atoms with E-state index in [0.717, 1.165) is 0 Å². The summed E-state index contributed by atoms with van der Waals surface area (Å²) in [5.74, 6) is 1.25. The monoisotopic (exact) mass is 150 g/mol. The van der Waals surface area contributed by atoms with Gasteiger partial charge in [0.2, 0.25) is 0 Å². The summed E-state index contributed by atoms with van der Waals surface area (Å²) in [4.78, 5) is 3.99. The Balaban J connectivity index is 3.11. The Morgan fingerprint density at radius 1 is 1.55 bits per heavy atom. The Kier molecular flexibility index (Phi) is 2.21. The average molecular weight is 150 g/mol. The van der Waals surface area contributed by atoms with Crippen LogP contribution in [-0.4, -0.2) is 11.2 Å². The molecule has 11 heavy (non-hydrogen) atoms. The van der Waals surface area contributed by atoms with E-state index in [0.29, 0.717) is 17.3 Å². The van der Waals surface area contributed by atoms with Crippen LogP contribution in [0.3, 0.4) is 0 Å². The summed E-state index contributed by atoms with van der Waals surface area (Å²) in [7, 11) is 0. The van der Waals surface area contributed by atoms with Gasteiger partial charge < -0.3 is 9.83 Å². The normalized spacial score (nSPS) is 10.7. The van der Waals surface area contributed by atoms with Gasteiger partial charge in [-0.05, 0) is 13.0 Å². The molecule has 0 aliphatic rings. The average Bonchev–Trinajstić information content (AvgIpc) is 2.32. The quantitative estimate of drug-likeness (QED) is 0.655. The van der Waals surface area contributed by atoms with E-state index >= 15 is 0 Å². The van der Waals surface area contributed by atoms with Gasteiger partial charge in [-0.3, -0.25) is 0 Å². The van der Waals surface area contributed by atoms with Gasteiger partial charge in [0, 0.05) is 13.1 Å². The molecule has 3 heteroatoms. The van der Waals surface area contributed by atoms with Gasteiger partial charge in [-0.25, -0.2) is 4.98 Å². The molecule has 1 rings (SSSR count). The van der Waals surface area contributed by atoms with E-state index in [2.05, 4.69) is 4.98 Å². The molecule has 0 aliphatic heterocycles. The fraction of sp³-hybridized carbons (Fsp3) is 0.250. The van der Waals surface area contributed by atoms with E-state index in [-0.39, 0.29) is 0 Å². The van der Waals surface area contributed by atoms with E-state index in [1.54, 1.807) is 13.0 Å². The third-order valence-corrected chi connectivity index (χ3v) is 1.24. The molecule has 0 aromatic carbocycles. The lowest BCUT2D eigenvalue weighted by Crippen LogP contribution is -1.81. The van der Waals surface area contributed by atoms with Gasteiger partial charge in [0.15, 0.2) is 11.7 Å². The van der Waals surface area contributed by atoms with Crippen LogP contribution in [0.1, 0.15) is 24.3 Å². The predicted octanol–water partition coefficient (Wildman–Crippen LogP) is 2.01. The molecule has 1 heterocycles. The van der Waals surface area contributed by atoms with Crippen molar-refractivity contribution in [2.45, 2.75) is 13.8 Å². The topological polar surface area (TPSA) is 49.9 Å². The van der Waals surface area contributed by atoms with Crippen molar-refractivity contribution < 1.29 is 4.42 Å². The highest BCUT2D eigenvalue weighted by Gasteiger charge is 2.03. The Labute approximate surface area is 65.3 Å². The largest absolute Gasteiger partial charge is 0.441 e.